The molecule has 9 heteroatoms. The molecule has 1 aromatic carbocycles. The number of morpholine rings is 1. The number of benzene rings is 1. The highest BCUT2D eigenvalue weighted by Crippen LogP contribution is 2.49. The number of Topliss-reactive ketones (excluding diaryl/α,β-unsaturated/α-hetero) is 1. The van der Waals surface area contributed by atoms with Gasteiger partial charge in [0.2, 0.25) is 5.91 Å². The van der Waals surface area contributed by atoms with E-state index in [9.17, 15) is 14.4 Å². The average Bonchev–Trinajstić information content (AvgIpc) is 3.23. The zero-order chi connectivity index (χ0) is 25.4. The Labute approximate surface area is 215 Å². The van der Waals surface area contributed by atoms with Crippen molar-refractivity contribution in [2.24, 2.45) is 11.3 Å². The van der Waals surface area contributed by atoms with E-state index in [0.717, 1.165) is 46.1 Å². The molecule has 2 saturated heterocycles. The smallest absolute Gasteiger partial charge is 0.407 e. The van der Waals surface area contributed by atoms with Crippen molar-refractivity contribution in [3.05, 3.63) is 34.7 Å². The standard InChI is InChI=1S/C27H33N3O5S/c1-27(2)15-20-22(25(29-10-12-35-13-11-29)36-23(20)21(31)16-27)18-4-3-5-19(14-18)28-24(32)17-6-8-30(9-7-17)26(33)34/h3-5,14,17H,6-13,15-16H2,1-2H3,(H,28,32)(H,33,34). The highest BCUT2D eigenvalue weighted by atomic mass is 32.1. The zero-order valence-electron chi connectivity index (χ0n) is 20.8. The second kappa shape index (κ2) is 9.86. The second-order valence-electron chi connectivity index (χ2n) is 10.7. The minimum absolute atomic E-state index is 0.0748. The number of amides is 2. The molecule has 1 aromatic heterocycles. The number of piperidine rings is 1. The number of carbonyl (C=O) groups is 3. The van der Waals surface area contributed by atoms with E-state index >= 15 is 0 Å². The first-order valence-electron chi connectivity index (χ1n) is 12.6. The fourth-order valence-electron chi connectivity index (χ4n) is 5.52. The predicted octanol–water partition coefficient (Wildman–Crippen LogP) is 4.74. The first-order valence-corrected chi connectivity index (χ1v) is 13.4. The van der Waals surface area contributed by atoms with Crippen molar-refractivity contribution in [3.8, 4) is 11.1 Å². The molecule has 0 atom stereocenters. The van der Waals surface area contributed by atoms with Crippen molar-refractivity contribution < 1.29 is 24.2 Å². The lowest BCUT2D eigenvalue weighted by Crippen LogP contribution is -2.40. The number of carboxylic acid groups (broad SMARTS) is 1. The highest BCUT2D eigenvalue weighted by Gasteiger charge is 2.37. The van der Waals surface area contributed by atoms with Crippen LogP contribution in [0.1, 0.15) is 48.3 Å². The van der Waals surface area contributed by atoms with Gasteiger partial charge in [0.1, 0.15) is 0 Å². The summed E-state index contributed by atoms with van der Waals surface area (Å²) in [5, 5.41) is 13.3. The number of nitrogens with zero attached hydrogens (tertiary/aromatic N) is 2. The topological polar surface area (TPSA) is 99.2 Å². The van der Waals surface area contributed by atoms with Gasteiger partial charge in [-0.3, -0.25) is 9.59 Å². The Bertz CT molecular complexity index is 1180. The van der Waals surface area contributed by atoms with Crippen molar-refractivity contribution in [1.29, 1.82) is 0 Å². The third-order valence-corrected chi connectivity index (χ3v) is 8.72. The van der Waals surface area contributed by atoms with Crippen LogP contribution in [0.5, 0.6) is 0 Å². The predicted molar refractivity (Wildman–Crippen MR) is 140 cm³/mol. The summed E-state index contributed by atoms with van der Waals surface area (Å²) in [6, 6.07) is 7.89. The maximum absolute atomic E-state index is 13.1. The second-order valence-corrected chi connectivity index (χ2v) is 11.7. The van der Waals surface area contributed by atoms with Gasteiger partial charge in [-0.25, -0.2) is 4.79 Å². The van der Waals surface area contributed by atoms with Crippen LogP contribution < -0.4 is 10.2 Å². The molecule has 0 bridgehead atoms. The summed E-state index contributed by atoms with van der Waals surface area (Å²) < 4.78 is 5.58. The van der Waals surface area contributed by atoms with Crippen LogP contribution in [-0.2, 0) is 16.0 Å². The summed E-state index contributed by atoms with van der Waals surface area (Å²) in [6.45, 7) is 7.95. The maximum atomic E-state index is 13.1. The van der Waals surface area contributed by atoms with Gasteiger partial charge in [0, 0.05) is 49.8 Å². The van der Waals surface area contributed by atoms with Crippen molar-refractivity contribution >= 4 is 39.8 Å². The fourth-order valence-corrected chi connectivity index (χ4v) is 6.85. The van der Waals surface area contributed by atoms with E-state index in [0.29, 0.717) is 51.3 Å². The molecule has 0 unspecified atom stereocenters. The van der Waals surface area contributed by atoms with Crippen LogP contribution in [0.25, 0.3) is 11.1 Å². The Morgan fingerprint density at radius 2 is 1.83 bits per heavy atom. The highest BCUT2D eigenvalue weighted by molar-refractivity contribution is 7.19. The third-order valence-electron chi connectivity index (χ3n) is 7.39. The molecular weight excluding hydrogens is 478 g/mol. The number of rotatable bonds is 4. The number of nitrogens with one attached hydrogen (secondary N) is 1. The number of thiophene rings is 1. The summed E-state index contributed by atoms with van der Waals surface area (Å²) >= 11 is 1.60. The average molecular weight is 512 g/mol. The molecule has 2 N–H and O–H groups in total. The molecule has 0 radical (unpaired) electrons. The first-order chi connectivity index (χ1) is 17.2. The van der Waals surface area contributed by atoms with E-state index in [2.05, 4.69) is 30.1 Å². The van der Waals surface area contributed by atoms with E-state index in [-0.39, 0.29) is 23.0 Å². The Morgan fingerprint density at radius 1 is 1.11 bits per heavy atom. The summed E-state index contributed by atoms with van der Waals surface area (Å²) in [5.74, 6) is -0.0704. The van der Waals surface area contributed by atoms with Gasteiger partial charge in [-0.1, -0.05) is 26.0 Å². The lowest BCUT2D eigenvalue weighted by Gasteiger charge is -2.30. The normalized spacial score (nSPS) is 20.2. The Kier molecular flexibility index (Phi) is 6.78. The van der Waals surface area contributed by atoms with E-state index in [1.54, 1.807) is 11.3 Å². The Hall–Kier alpha value is -2.91. The van der Waals surface area contributed by atoms with Gasteiger partial charge < -0.3 is 25.0 Å². The number of ether oxygens (including phenoxy) is 1. The first kappa shape index (κ1) is 24.8. The molecule has 192 valence electrons. The summed E-state index contributed by atoms with van der Waals surface area (Å²) in [6.07, 6.45) is 1.50. The number of fused-ring (bicyclic) bond motifs is 1. The number of hydrogen-bond donors (Lipinski definition) is 2. The lowest BCUT2D eigenvalue weighted by atomic mass is 9.75. The van der Waals surface area contributed by atoms with E-state index in [1.807, 2.05) is 18.2 Å². The van der Waals surface area contributed by atoms with Gasteiger partial charge in [-0.2, -0.15) is 0 Å². The SMILES string of the molecule is CC1(C)CC(=O)c2sc(N3CCOCC3)c(-c3cccc(NC(=O)C4CCN(C(=O)O)CC4)c3)c2C1. The summed E-state index contributed by atoms with van der Waals surface area (Å²) in [4.78, 5) is 41.8. The van der Waals surface area contributed by atoms with Crippen LogP contribution in [-0.4, -0.2) is 67.2 Å². The van der Waals surface area contributed by atoms with Gasteiger partial charge >= 0.3 is 6.09 Å². The van der Waals surface area contributed by atoms with Gasteiger partial charge in [-0.15, -0.1) is 11.3 Å². The molecule has 0 spiro atoms. The van der Waals surface area contributed by atoms with Crippen molar-refractivity contribution in [3.63, 3.8) is 0 Å². The van der Waals surface area contributed by atoms with Crippen LogP contribution in [0.4, 0.5) is 15.5 Å². The van der Waals surface area contributed by atoms with E-state index < -0.39 is 6.09 Å². The monoisotopic (exact) mass is 511 g/mol. The van der Waals surface area contributed by atoms with Crippen LogP contribution in [0.3, 0.4) is 0 Å². The molecule has 2 fully saturated rings. The van der Waals surface area contributed by atoms with Gasteiger partial charge in [-0.05, 0) is 47.9 Å². The Balaban J connectivity index is 1.44. The summed E-state index contributed by atoms with van der Waals surface area (Å²) in [5.41, 5.74) is 3.83. The zero-order valence-corrected chi connectivity index (χ0v) is 21.7. The van der Waals surface area contributed by atoms with E-state index in [1.165, 1.54) is 4.90 Å². The van der Waals surface area contributed by atoms with Gasteiger partial charge in [0.05, 0.1) is 23.1 Å². The molecular formula is C27H33N3O5S. The molecule has 2 aliphatic heterocycles. The summed E-state index contributed by atoms with van der Waals surface area (Å²) in [7, 11) is 0. The maximum Gasteiger partial charge on any atom is 0.407 e. The van der Waals surface area contributed by atoms with E-state index in [4.69, 9.17) is 9.84 Å². The molecule has 3 aliphatic rings. The molecule has 1 aliphatic carbocycles. The van der Waals surface area contributed by atoms with Gasteiger partial charge in [0.15, 0.2) is 5.78 Å². The molecule has 5 rings (SSSR count). The minimum atomic E-state index is -0.932. The van der Waals surface area contributed by atoms with Gasteiger partial charge in [0.25, 0.3) is 0 Å². The minimum Gasteiger partial charge on any atom is -0.465 e. The number of likely N-dealkylation sites (tertiary alicyclic amines) is 1. The Morgan fingerprint density at radius 3 is 2.53 bits per heavy atom. The fraction of sp³-hybridized carbons (Fsp3) is 0.519. The molecule has 3 heterocycles. The van der Waals surface area contributed by atoms with Crippen LogP contribution in [0.2, 0.25) is 0 Å². The number of ketones is 1. The lowest BCUT2D eigenvalue weighted by molar-refractivity contribution is -0.121. The number of anilines is 2. The van der Waals surface area contributed by atoms with Crippen LogP contribution in [0, 0.1) is 11.3 Å². The molecule has 36 heavy (non-hydrogen) atoms. The van der Waals surface area contributed by atoms with Crippen molar-refractivity contribution in [1.82, 2.24) is 4.90 Å². The van der Waals surface area contributed by atoms with Crippen LogP contribution >= 0.6 is 11.3 Å². The molecule has 2 aromatic rings. The van der Waals surface area contributed by atoms with Crippen molar-refractivity contribution in [2.75, 3.05) is 49.6 Å². The third kappa shape index (κ3) is 4.99. The molecule has 0 saturated carbocycles. The quantitative estimate of drug-likeness (QED) is 0.616. The molecule has 8 nitrogen and oxygen atoms in total. The number of carbonyl (C=O) groups excluding carboxylic acids is 2. The van der Waals surface area contributed by atoms with Crippen molar-refractivity contribution in [2.45, 2.75) is 39.5 Å². The largest absolute Gasteiger partial charge is 0.465 e. The van der Waals surface area contributed by atoms with Crippen LogP contribution in [0.15, 0.2) is 24.3 Å². The molecule has 2 amide bonds. The number of hydrogen-bond acceptors (Lipinski definition) is 6.